The fraction of sp³-hybridized carbons (Fsp3) is 0.286. The van der Waals surface area contributed by atoms with E-state index in [1.807, 2.05) is 29.1 Å². The molecule has 19 heavy (non-hydrogen) atoms. The molecular weight excluding hydrogens is 260 g/mol. The minimum absolute atomic E-state index is 0.313. The maximum Gasteiger partial charge on any atom is 0.335 e. The van der Waals surface area contributed by atoms with Crippen molar-refractivity contribution in [3.8, 4) is 0 Å². The van der Waals surface area contributed by atoms with Crippen molar-refractivity contribution in [3.05, 3.63) is 47.8 Å². The quantitative estimate of drug-likeness (QED) is 0.850. The van der Waals surface area contributed by atoms with Crippen molar-refractivity contribution in [1.29, 1.82) is 0 Å². The molecule has 1 aromatic carbocycles. The monoisotopic (exact) mass is 276 g/mol. The van der Waals surface area contributed by atoms with Gasteiger partial charge in [-0.2, -0.15) is 5.10 Å². The first-order valence-electron chi connectivity index (χ1n) is 6.06. The fourth-order valence-electron chi connectivity index (χ4n) is 1.59. The zero-order valence-corrected chi connectivity index (χ0v) is 11.7. The Kier molecular flexibility index (Phi) is 4.27. The zero-order chi connectivity index (χ0) is 13.8. The Morgan fingerprint density at radius 2 is 2.00 bits per heavy atom. The van der Waals surface area contributed by atoms with Crippen molar-refractivity contribution >= 4 is 17.7 Å². The van der Waals surface area contributed by atoms with Gasteiger partial charge in [0.05, 0.1) is 11.3 Å². The molecule has 0 bridgehead atoms. The number of carboxylic acid groups (broad SMARTS) is 1. The van der Waals surface area contributed by atoms with Crippen molar-refractivity contribution < 1.29 is 9.90 Å². The van der Waals surface area contributed by atoms with E-state index in [9.17, 15) is 4.79 Å². The molecule has 0 saturated carbocycles. The molecule has 2 rings (SSSR count). The molecule has 0 radical (unpaired) electrons. The highest BCUT2D eigenvalue weighted by Crippen LogP contribution is 2.22. The van der Waals surface area contributed by atoms with Crippen molar-refractivity contribution in [3.63, 3.8) is 0 Å². The summed E-state index contributed by atoms with van der Waals surface area (Å²) in [5.41, 5.74) is 1.34. The average Bonchev–Trinajstić information content (AvgIpc) is 2.86. The lowest BCUT2D eigenvalue weighted by atomic mass is 10.2. The lowest BCUT2D eigenvalue weighted by Gasteiger charge is -2.04. The van der Waals surface area contributed by atoms with Crippen LogP contribution in [0.5, 0.6) is 0 Å². The number of carbonyl (C=O) groups is 1. The van der Waals surface area contributed by atoms with E-state index in [0.29, 0.717) is 11.6 Å². The fourth-order valence-corrected chi connectivity index (χ4v) is 2.39. The van der Waals surface area contributed by atoms with Gasteiger partial charge in [0, 0.05) is 22.9 Å². The lowest BCUT2D eigenvalue weighted by molar-refractivity contribution is 0.0697. The molecule has 0 aliphatic carbocycles. The van der Waals surface area contributed by atoms with E-state index in [-0.39, 0.29) is 0 Å². The molecule has 0 spiro atoms. The van der Waals surface area contributed by atoms with Gasteiger partial charge in [-0.1, -0.05) is 0 Å². The van der Waals surface area contributed by atoms with Gasteiger partial charge in [-0.05, 0) is 44.2 Å². The Hall–Kier alpha value is -1.75. The highest BCUT2D eigenvalue weighted by Gasteiger charge is 2.04. The second-order valence-electron chi connectivity index (χ2n) is 4.50. The largest absolute Gasteiger partial charge is 0.478 e. The molecule has 5 heteroatoms. The molecule has 4 nitrogen and oxygen atoms in total. The van der Waals surface area contributed by atoms with Crippen LogP contribution in [0.4, 0.5) is 0 Å². The number of rotatable bonds is 5. The molecule has 1 aromatic heterocycles. The van der Waals surface area contributed by atoms with E-state index in [2.05, 4.69) is 18.9 Å². The van der Waals surface area contributed by atoms with Crippen molar-refractivity contribution in [2.24, 2.45) is 0 Å². The van der Waals surface area contributed by atoms with Crippen LogP contribution in [0.1, 0.15) is 35.9 Å². The smallest absolute Gasteiger partial charge is 0.335 e. The van der Waals surface area contributed by atoms with Crippen LogP contribution in [0.25, 0.3) is 0 Å². The van der Waals surface area contributed by atoms with Gasteiger partial charge < -0.3 is 5.11 Å². The van der Waals surface area contributed by atoms with Gasteiger partial charge in [0.25, 0.3) is 0 Å². The summed E-state index contributed by atoms with van der Waals surface area (Å²) in [6.07, 6.45) is 1.98. The SMILES string of the molecule is CC(C)n1ccc(CSc2ccc(C(=O)O)cc2)n1. The van der Waals surface area contributed by atoms with Crippen molar-refractivity contribution in [2.75, 3.05) is 0 Å². The van der Waals surface area contributed by atoms with Crippen LogP contribution < -0.4 is 0 Å². The van der Waals surface area contributed by atoms with E-state index >= 15 is 0 Å². The Bertz CT molecular complexity index is 561. The molecule has 0 fully saturated rings. The highest BCUT2D eigenvalue weighted by atomic mass is 32.2. The number of nitrogens with zero attached hydrogens (tertiary/aromatic N) is 2. The summed E-state index contributed by atoms with van der Waals surface area (Å²) in [7, 11) is 0. The third-order valence-electron chi connectivity index (χ3n) is 2.68. The van der Waals surface area contributed by atoms with Crippen LogP contribution in [0, 0.1) is 0 Å². The Labute approximate surface area is 116 Å². The van der Waals surface area contributed by atoms with Crippen LogP contribution in [-0.4, -0.2) is 20.9 Å². The predicted octanol–water partition coefficient (Wildman–Crippen LogP) is 3.45. The number of aromatic carboxylic acids is 1. The highest BCUT2D eigenvalue weighted by molar-refractivity contribution is 7.98. The summed E-state index contributed by atoms with van der Waals surface area (Å²) in [5, 5.41) is 13.3. The van der Waals surface area contributed by atoms with Gasteiger partial charge >= 0.3 is 5.97 Å². The van der Waals surface area contributed by atoms with Crippen molar-refractivity contribution in [2.45, 2.75) is 30.5 Å². The van der Waals surface area contributed by atoms with E-state index in [1.165, 1.54) is 0 Å². The summed E-state index contributed by atoms with van der Waals surface area (Å²) in [5.74, 6) is -0.112. The molecule has 0 atom stereocenters. The van der Waals surface area contributed by atoms with Crippen LogP contribution in [-0.2, 0) is 5.75 Å². The van der Waals surface area contributed by atoms with Crippen LogP contribution >= 0.6 is 11.8 Å². The first-order valence-corrected chi connectivity index (χ1v) is 7.05. The number of carboxylic acids is 1. The van der Waals surface area contributed by atoms with E-state index in [1.54, 1.807) is 23.9 Å². The van der Waals surface area contributed by atoms with E-state index in [4.69, 9.17) is 5.11 Å². The summed E-state index contributed by atoms with van der Waals surface area (Å²) in [6, 6.07) is 9.28. The zero-order valence-electron chi connectivity index (χ0n) is 10.9. The van der Waals surface area contributed by atoms with Gasteiger partial charge in [0.15, 0.2) is 0 Å². The molecule has 0 amide bonds. The van der Waals surface area contributed by atoms with E-state index in [0.717, 1.165) is 16.3 Å². The Morgan fingerprint density at radius 3 is 2.53 bits per heavy atom. The predicted molar refractivity (Wildman–Crippen MR) is 75.6 cm³/mol. The molecule has 2 aromatic rings. The van der Waals surface area contributed by atoms with Gasteiger partial charge in [0.1, 0.15) is 0 Å². The standard InChI is InChI=1S/C14H16N2O2S/c1-10(2)16-8-7-12(15-16)9-19-13-5-3-11(4-6-13)14(17)18/h3-8,10H,9H2,1-2H3,(H,17,18). The molecule has 1 N–H and O–H groups in total. The topological polar surface area (TPSA) is 55.1 Å². The molecule has 0 unspecified atom stereocenters. The lowest BCUT2D eigenvalue weighted by Crippen LogP contribution is -2.01. The molecule has 0 saturated heterocycles. The second kappa shape index (κ2) is 5.93. The Morgan fingerprint density at radius 1 is 1.32 bits per heavy atom. The summed E-state index contributed by atoms with van der Waals surface area (Å²) < 4.78 is 1.93. The molecule has 0 aliphatic rings. The summed E-state index contributed by atoms with van der Waals surface area (Å²) in [6.45, 7) is 4.18. The summed E-state index contributed by atoms with van der Waals surface area (Å²) in [4.78, 5) is 11.8. The minimum atomic E-state index is -0.896. The first-order chi connectivity index (χ1) is 9.06. The van der Waals surface area contributed by atoms with Gasteiger partial charge in [-0.25, -0.2) is 4.79 Å². The maximum atomic E-state index is 10.7. The normalized spacial score (nSPS) is 10.9. The maximum absolute atomic E-state index is 10.7. The average molecular weight is 276 g/mol. The molecule has 1 heterocycles. The number of hydrogen-bond donors (Lipinski definition) is 1. The number of thioether (sulfide) groups is 1. The van der Waals surface area contributed by atoms with Crippen LogP contribution in [0.3, 0.4) is 0 Å². The number of benzene rings is 1. The third-order valence-corrected chi connectivity index (χ3v) is 3.73. The van der Waals surface area contributed by atoms with Crippen molar-refractivity contribution in [1.82, 2.24) is 9.78 Å². The van der Waals surface area contributed by atoms with Crippen LogP contribution in [0.2, 0.25) is 0 Å². The van der Waals surface area contributed by atoms with Gasteiger partial charge in [0.2, 0.25) is 0 Å². The van der Waals surface area contributed by atoms with Crippen LogP contribution in [0.15, 0.2) is 41.4 Å². The molecular formula is C14H16N2O2S. The first kappa shape index (κ1) is 13.7. The Balaban J connectivity index is 1.96. The molecule has 100 valence electrons. The van der Waals surface area contributed by atoms with Gasteiger partial charge in [-0.15, -0.1) is 11.8 Å². The summed E-state index contributed by atoms with van der Waals surface area (Å²) >= 11 is 1.65. The number of hydrogen-bond acceptors (Lipinski definition) is 3. The van der Waals surface area contributed by atoms with Gasteiger partial charge in [-0.3, -0.25) is 4.68 Å². The molecule has 0 aliphatic heterocycles. The third kappa shape index (κ3) is 3.61. The number of aromatic nitrogens is 2. The van der Waals surface area contributed by atoms with E-state index < -0.39 is 5.97 Å². The second-order valence-corrected chi connectivity index (χ2v) is 5.55. The minimum Gasteiger partial charge on any atom is -0.478 e.